The Kier molecular flexibility index (Phi) is 5.98. The number of benzene rings is 2. The fourth-order valence-corrected chi connectivity index (χ4v) is 4.27. The molecule has 0 spiro atoms. The second kappa shape index (κ2) is 8.82. The van der Waals surface area contributed by atoms with Gasteiger partial charge in [0.25, 0.3) is 11.2 Å². The summed E-state index contributed by atoms with van der Waals surface area (Å²) >= 11 is 1.33. The lowest BCUT2D eigenvalue weighted by Gasteiger charge is -2.20. The van der Waals surface area contributed by atoms with Crippen LogP contribution in [0, 0.1) is 10.1 Å². The normalized spacial score (nSPS) is 13.1. The maximum atomic E-state index is 13.0. The minimum absolute atomic E-state index is 0.0262. The molecule has 4 rings (SSSR count). The Bertz CT molecular complexity index is 1160. The van der Waals surface area contributed by atoms with Crippen LogP contribution in [0.2, 0.25) is 0 Å². The van der Waals surface area contributed by atoms with Gasteiger partial charge in [0.1, 0.15) is 5.75 Å². The van der Waals surface area contributed by atoms with Crippen LogP contribution in [-0.2, 0) is 28.4 Å². The Hall–Kier alpha value is -2.95. The van der Waals surface area contributed by atoms with Crippen LogP contribution in [0.4, 0.5) is 5.69 Å². The number of aromatic nitrogens is 2. The predicted molar refractivity (Wildman–Crippen MR) is 111 cm³/mol. The summed E-state index contributed by atoms with van der Waals surface area (Å²) < 4.78 is 17.6. The summed E-state index contributed by atoms with van der Waals surface area (Å²) in [6.45, 7) is 1.06. The van der Waals surface area contributed by atoms with Crippen LogP contribution >= 0.6 is 11.8 Å². The van der Waals surface area contributed by atoms with Gasteiger partial charge in [0.2, 0.25) is 0 Å². The summed E-state index contributed by atoms with van der Waals surface area (Å²) in [6, 6.07) is 10.1. The Balaban J connectivity index is 1.72. The number of hydrogen-bond acceptors (Lipinski definition) is 8. The number of para-hydroxylation sites is 1. The second-order valence-corrected chi connectivity index (χ2v) is 7.55. The lowest BCUT2D eigenvalue weighted by atomic mass is 10.1. The molecule has 3 aromatic rings. The van der Waals surface area contributed by atoms with E-state index in [1.54, 1.807) is 29.9 Å². The number of fused-ring (bicyclic) bond motifs is 2. The van der Waals surface area contributed by atoms with Gasteiger partial charge in [-0.25, -0.2) is 4.98 Å². The topological polar surface area (TPSA) is 106 Å². The standard InChI is InChI=1S/C20H19N3O6S/c1-27-7-6-22-19(24)16-4-2-3-5-17(16)21-20(22)30-11-14-9-15(23(25)26)8-13-10-28-12-29-18(13)14/h2-5,8-9H,6-7,10-12H2,1H3. The molecule has 0 N–H and O–H groups in total. The Labute approximate surface area is 175 Å². The van der Waals surface area contributed by atoms with Crippen molar-refractivity contribution in [1.82, 2.24) is 9.55 Å². The molecule has 0 amide bonds. The Morgan fingerprint density at radius 1 is 1.33 bits per heavy atom. The first-order chi connectivity index (χ1) is 14.6. The van der Waals surface area contributed by atoms with Crippen molar-refractivity contribution in [3.8, 4) is 5.75 Å². The molecule has 1 aromatic heterocycles. The lowest BCUT2D eigenvalue weighted by Crippen LogP contribution is -2.25. The monoisotopic (exact) mass is 429 g/mol. The summed E-state index contributed by atoms with van der Waals surface area (Å²) in [6.07, 6.45) is 0. The Morgan fingerprint density at radius 3 is 2.97 bits per heavy atom. The molecule has 0 atom stereocenters. The van der Waals surface area contributed by atoms with Gasteiger partial charge in [-0.3, -0.25) is 19.5 Å². The van der Waals surface area contributed by atoms with Crippen molar-refractivity contribution in [3.05, 3.63) is 68.0 Å². The number of thioether (sulfide) groups is 1. The smallest absolute Gasteiger partial charge is 0.270 e. The van der Waals surface area contributed by atoms with E-state index >= 15 is 0 Å². The van der Waals surface area contributed by atoms with Crippen molar-refractivity contribution in [2.75, 3.05) is 20.5 Å². The maximum absolute atomic E-state index is 13.0. The van der Waals surface area contributed by atoms with E-state index in [1.165, 1.54) is 23.9 Å². The zero-order valence-electron chi connectivity index (χ0n) is 16.2. The van der Waals surface area contributed by atoms with E-state index < -0.39 is 4.92 Å². The Morgan fingerprint density at radius 2 is 2.17 bits per heavy atom. The molecule has 0 saturated carbocycles. The molecular formula is C20H19N3O6S. The van der Waals surface area contributed by atoms with Gasteiger partial charge in [-0.2, -0.15) is 0 Å². The van der Waals surface area contributed by atoms with E-state index in [9.17, 15) is 14.9 Å². The molecule has 156 valence electrons. The summed E-state index contributed by atoms with van der Waals surface area (Å²) in [4.78, 5) is 28.5. The van der Waals surface area contributed by atoms with Gasteiger partial charge < -0.3 is 14.2 Å². The minimum atomic E-state index is -0.439. The molecule has 1 aliphatic heterocycles. The molecule has 2 aromatic carbocycles. The molecule has 0 unspecified atom stereocenters. The number of nitro benzene ring substituents is 1. The van der Waals surface area contributed by atoms with E-state index in [1.807, 2.05) is 6.07 Å². The molecule has 0 bridgehead atoms. The molecule has 9 nitrogen and oxygen atoms in total. The van der Waals surface area contributed by atoms with Gasteiger partial charge >= 0.3 is 0 Å². The number of nitro groups is 1. The first kappa shape index (κ1) is 20.3. The van der Waals surface area contributed by atoms with Crippen LogP contribution in [-0.4, -0.2) is 35.0 Å². The summed E-state index contributed by atoms with van der Waals surface area (Å²) in [5.74, 6) is 0.938. The highest BCUT2D eigenvalue weighted by atomic mass is 32.2. The summed E-state index contributed by atoms with van der Waals surface area (Å²) in [5, 5.41) is 12.4. The average Bonchev–Trinajstić information content (AvgIpc) is 2.76. The zero-order chi connectivity index (χ0) is 21.1. The first-order valence-corrected chi connectivity index (χ1v) is 10.2. The largest absolute Gasteiger partial charge is 0.467 e. The van der Waals surface area contributed by atoms with Gasteiger partial charge in [0, 0.05) is 36.1 Å². The van der Waals surface area contributed by atoms with Gasteiger partial charge in [-0.1, -0.05) is 23.9 Å². The predicted octanol–water partition coefficient (Wildman–Crippen LogP) is 3.11. The van der Waals surface area contributed by atoms with E-state index in [-0.39, 0.29) is 24.6 Å². The molecular weight excluding hydrogens is 410 g/mol. The molecule has 30 heavy (non-hydrogen) atoms. The maximum Gasteiger partial charge on any atom is 0.270 e. The third-order valence-corrected chi connectivity index (χ3v) is 5.71. The molecule has 1 aliphatic rings. The SMILES string of the molecule is COCCn1c(SCc2cc([N+](=O)[O-])cc3c2OCOC3)nc2ccccc2c1=O. The van der Waals surface area contributed by atoms with Crippen LogP contribution < -0.4 is 10.3 Å². The molecule has 10 heteroatoms. The minimum Gasteiger partial charge on any atom is -0.467 e. The van der Waals surface area contributed by atoms with Crippen molar-refractivity contribution < 1.29 is 19.1 Å². The number of non-ortho nitro benzene ring substituents is 1. The van der Waals surface area contributed by atoms with E-state index in [0.29, 0.717) is 51.8 Å². The van der Waals surface area contributed by atoms with Crippen molar-refractivity contribution in [2.45, 2.75) is 24.1 Å². The van der Waals surface area contributed by atoms with E-state index in [4.69, 9.17) is 14.2 Å². The molecule has 2 heterocycles. The second-order valence-electron chi connectivity index (χ2n) is 6.61. The van der Waals surface area contributed by atoms with Gasteiger partial charge in [0.15, 0.2) is 11.9 Å². The van der Waals surface area contributed by atoms with Crippen LogP contribution in [0.15, 0.2) is 46.3 Å². The summed E-state index contributed by atoms with van der Waals surface area (Å²) in [7, 11) is 1.57. The van der Waals surface area contributed by atoms with E-state index in [0.717, 1.165) is 0 Å². The highest BCUT2D eigenvalue weighted by Gasteiger charge is 2.22. The van der Waals surface area contributed by atoms with Gasteiger partial charge in [0.05, 0.1) is 35.6 Å². The van der Waals surface area contributed by atoms with Crippen molar-refractivity contribution in [3.63, 3.8) is 0 Å². The van der Waals surface area contributed by atoms with Gasteiger partial charge in [-0.05, 0) is 12.1 Å². The average molecular weight is 429 g/mol. The molecule has 0 fully saturated rings. The molecule has 0 radical (unpaired) electrons. The first-order valence-electron chi connectivity index (χ1n) is 9.20. The number of hydrogen-bond donors (Lipinski definition) is 0. The number of methoxy groups -OCH3 is 1. The number of nitrogens with zero attached hydrogens (tertiary/aromatic N) is 3. The van der Waals surface area contributed by atoms with E-state index in [2.05, 4.69) is 4.98 Å². The fraction of sp³-hybridized carbons (Fsp3) is 0.300. The number of ether oxygens (including phenoxy) is 3. The van der Waals surface area contributed by atoms with Crippen molar-refractivity contribution in [2.24, 2.45) is 0 Å². The zero-order valence-corrected chi connectivity index (χ0v) is 17.0. The quantitative estimate of drug-likeness (QED) is 0.244. The number of rotatable bonds is 7. The van der Waals surface area contributed by atoms with Crippen LogP contribution in [0.3, 0.4) is 0 Å². The van der Waals surface area contributed by atoms with Gasteiger partial charge in [-0.15, -0.1) is 0 Å². The lowest BCUT2D eigenvalue weighted by molar-refractivity contribution is -0.385. The fourth-order valence-electron chi connectivity index (χ4n) is 3.27. The summed E-state index contributed by atoms with van der Waals surface area (Å²) in [5.41, 5.74) is 1.72. The van der Waals surface area contributed by atoms with Crippen LogP contribution in [0.5, 0.6) is 5.75 Å². The van der Waals surface area contributed by atoms with Crippen molar-refractivity contribution >= 4 is 28.4 Å². The third kappa shape index (κ3) is 4.02. The van der Waals surface area contributed by atoms with Crippen LogP contribution in [0.1, 0.15) is 11.1 Å². The molecule has 0 aliphatic carbocycles. The van der Waals surface area contributed by atoms with Crippen molar-refractivity contribution in [1.29, 1.82) is 0 Å². The third-order valence-electron chi connectivity index (χ3n) is 4.68. The highest BCUT2D eigenvalue weighted by Crippen LogP contribution is 2.36. The van der Waals surface area contributed by atoms with Crippen LogP contribution in [0.25, 0.3) is 10.9 Å². The highest BCUT2D eigenvalue weighted by molar-refractivity contribution is 7.98. The molecule has 0 saturated heterocycles.